The number of hydrogen-bond donors (Lipinski definition) is 4. The Labute approximate surface area is 680 Å². The van der Waals surface area contributed by atoms with Gasteiger partial charge < -0.3 is 61.8 Å². The molecule has 0 spiro atoms. The molecule has 4 N–H and O–H groups in total. The van der Waals surface area contributed by atoms with Gasteiger partial charge in [0.2, 0.25) is 0 Å². The molecule has 13 rings (SSSR count). The predicted molar refractivity (Wildman–Crippen MR) is 452 cm³/mol. The Morgan fingerprint density at radius 1 is 0.500 bits per heavy atom. The topological polar surface area (TPSA) is 296 Å². The van der Waals surface area contributed by atoms with Gasteiger partial charge in [0.15, 0.2) is 5.78 Å². The van der Waals surface area contributed by atoms with E-state index in [1.807, 2.05) is 144 Å². The van der Waals surface area contributed by atoms with Crippen LogP contribution in [-0.2, 0) is 46.7 Å². The summed E-state index contributed by atoms with van der Waals surface area (Å²) in [5.74, 6) is 3.03. The molecule has 3 atom stereocenters. The number of carbonyl (C=O) groups excluding carboxylic acids is 5. The van der Waals surface area contributed by atoms with Crippen LogP contribution in [0.25, 0.3) is 32.9 Å². The maximum absolute atomic E-state index is 13.0. The number of halogens is 1. The number of aliphatic hydroxyl groups is 1. The largest absolute Gasteiger partial charge is 0.508 e. The number of nitrogens with one attached hydrogen (secondary N) is 2. The molecule has 116 heavy (non-hydrogen) atoms. The minimum Gasteiger partial charge on any atom is -0.508 e. The first-order valence-corrected chi connectivity index (χ1v) is 39.0. The van der Waals surface area contributed by atoms with Crippen LogP contribution in [0, 0.1) is 45.4 Å². The summed E-state index contributed by atoms with van der Waals surface area (Å²) in [4.78, 5) is 103. The van der Waals surface area contributed by atoms with E-state index in [1.165, 1.54) is 31.1 Å². The summed E-state index contributed by atoms with van der Waals surface area (Å²) in [6.07, 6.45) is 7.49. The Bertz CT molecular complexity index is 5360. The molecule has 0 bridgehead atoms. The van der Waals surface area contributed by atoms with Gasteiger partial charge in [-0.2, -0.15) is 0 Å². The van der Waals surface area contributed by atoms with Gasteiger partial charge in [0.1, 0.15) is 64.3 Å². The summed E-state index contributed by atoms with van der Waals surface area (Å²) in [6, 6.07) is 44.5. The van der Waals surface area contributed by atoms with Crippen LogP contribution in [0.5, 0.6) is 23.0 Å². The van der Waals surface area contributed by atoms with Crippen molar-refractivity contribution in [3.63, 3.8) is 0 Å². The minimum atomic E-state index is -0.749. The number of rotatable bonds is 22. The molecule has 7 aromatic carbocycles. The maximum Gasteiger partial charge on any atom is 0.412 e. The van der Waals surface area contributed by atoms with Crippen LogP contribution < -0.4 is 41.7 Å². The molecule has 3 saturated heterocycles. The summed E-state index contributed by atoms with van der Waals surface area (Å²) in [6.45, 7) is 25.2. The van der Waals surface area contributed by atoms with E-state index in [4.69, 9.17) is 53.6 Å². The number of fused-ring (bicyclic) bond motifs is 3. The molecule has 3 unspecified atom stereocenters. The lowest BCUT2D eigenvalue weighted by atomic mass is 9.97. The van der Waals surface area contributed by atoms with E-state index < -0.39 is 40.3 Å². The maximum atomic E-state index is 13.0. The van der Waals surface area contributed by atoms with E-state index in [1.54, 1.807) is 43.3 Å². The first-order valence-electron chi connectivity index (χ1n) is 38.7. The molecule has 0 radical (unpaired) electrons. The van der Waals surface area contributed by atoms with Crippen molar-refractivity contribution in [2.45, 2.75) is 114 Å². The first kappa shape index (κ1) is 88.5. The standard InChI is InChI=1S/C30H35NO4.C24H26N2O5.C18H15NO5.C14H15ClO3.C6H13NO/c1-19(2)6-8-23-14-24(9-7-20(23)3)27(32)16-26-15-25-10-11-28(21(4)29(25)35-30(26)33)34-18-22-12-13-31(5)17-22;1-16-21(29-15-18-10-11-26(2)13-18)9-8-19-12-20(23(27)31-22(16)19)25-24(28)30-14-17-6-4-3-5-7-17;1-11-15(20)8-7-13-9-14(17(21)24-16(11)13)19-18(22)23-10-12-5-3-2-4-6-12;1-9(2)4-5-11-8-12(14(15)17)6-7-13(11)18-10(3)16;1-7-3-2-6(4-7)5-8/h6-7,9-11,14-15,22H,8,12-13,16-18H2,1-5H3;3-9,12,18H,10-11,13-15H2,1-2H3,(H,25,28);2-9,20H,10H2,1H3,(H,19,22);4,6-8H,5H2,1-3H3;6,8H,2-5H2,1H3. The van der Waals surface area contributed by atoms with Crippen molar-refractivity contribution in [2.75, 3.05) is 90.9 Å². The van der Waals surface area contributed by atoms with Crippen LogP contribution in [-0.4, -0.2) is 134 Å². The summed E-state index contributed by atoms with van der Waals surface area (Å²) in [5, 5.41) is 24.7. The van der Waals surface area contributed by atoms with E-state index in [9.17, 15) is 43.5 Å². The number of benzene rings is 7. The molecule has 23 nitrogen and oxygen atoms in total. The monoisotopic (exact) mass is 1600 g/mol. The number of esters is 1. The fourth-order valence-electron chi connectivity index (χ4n) is 13.3. The molecule has 3 aliphatic heterocycles. The smallest absolute Gasteiger partial charge is 0.412 e. The number of ether oxygens (including phenoxy) is 5. The molecule has 3 aromatic heterocycles. The first-order chi connectivity index (χ1) is 55.5. The third-order valence-corrected chi connectivity index (χ3v) is 20.2. The number of anilines is 2. The number of aromatic hydroxyl groups is 1. The third-order valence-electron chi connectivity index (χ3n) is 20.0. The van der Waals surface area contributed by atoms with E-state index in [-0.39, 0.29) is 48.1 Å². The normalized spacial score (nSPS) is 15.1. The van der Waals surface area contributed by atoms with Gasteiger partial charge >= 0.3 is 35.0 Å². The highest BCUT2D eigenvalue weighted by Crippen LogP contribution is 2.33. The number of likely N-dealkylation sites (tertiary alicyclic amines) is 3. The van der Waals surface area contributed by atoms with Crippen molar-refractivity contribution in [3.8, 4) is 23.0 Å². The zero-order chi connectivity index (χ0) is 83.7. The quantitative estimate of drug-likeness (QED) is 0.0122. The second-order valence-electron chi connectivity index (χ2n) is 30.1. The van der Waals surface area contributed by atoms with E-state index in [2.05, 4.69) is 66.4 Å². The number of amides is 2. The highest BCUT2D eigenvalue weighted by atomic mass is 35.5. The van der Waals surface area contributed by atoms with Gasteiger partial charge in [0.25, 0.3) is 5.24 Å². The Kier molecular flexibility index (Phi) is 32.6. The number of aliphatic hydroxyl groups excluding tert-OH is 1. The van der Waals surface area contributed by atoms with Gasteiger partial charge in [0, 0.05) is 101 Å². The van der Waals surface area contributed by atoms with Crippen molar-refractivity contribution in [2.24, 2.45) is 17.8 Å². The summed E-state index contributed by atoms with van der Waals surface area (Å²) in [5.41, 5.74) is 9.97. The van der Waals surface area contributed by atoms with E-state index >= 15 is 0 Å². The number of hydrogen-bond acceptors (Lipinski definition) is 21. The number of carbonyl (C=O) groups is 5. The van der Waals surface area contributed by atoms with Crippen LogP contribution in [0.3, 0.4) is 0 Å². The van der Waals surface area contributed by atoms with Crippen LogP contribution in [0.15, 0.2) is 203 Å². The van der Waals surface area contributed by atoms with Crippen LogP contribution >= 0.6 is 11.6 Å². The molecular weight excluding hydrogens is 1500 g/mol. The van der Waals surface area contributed by atoms with Gasteiger partial charge in [-0.15, -0.1) is 0 Å². The Hall–Kier alpha value is -11.5. The molecule has 6 heterocycles. The third kappa shape index (κ3) is 26.3. The van der Waals surface area contributed by atoms with Crippen molar-refractivity contribution in [3.05, 3.63) is 267 Å². The molecule has 10 aromatic rings. The Balaban J connectivity index is 0.000000175. The van der Waals surface area contributed by atoms with Crippen LogP contribution in [0.1, 0.15) is 125 Å². The van der Waals surface area contributed by atoms with Gasteiger partial charge in [-0.3, -0.25) is 25.0 Å². The van der Waals surface area contributed by atoms with Crippen LogP contribution in [0.2, 0.25) is 0 Å². The Morgan fingerprint density at radius 2 is 0.931 bits per heavy atom. The summed E-state index contributed by atoms with van der Waals surface area (Å²) < 4.78 is 43.8. The average Bonchev–Trinajstić information content (AvgIpc) is 0.874. The highest BCUT2D eigenvalue weighted by Gasteiger charge is 2.25. The van der Waals surface area contributed by atoms with Crippen molar-refractivity contribution in [1.82, 2.24) is 14.7 Å². The lowest BCUT2D eigenvalue weighted by molar-refractivity contribution is -0.131. The number of ketones is 1. The number of phenolic OH excluding ortho intramolecular Hbond substituents is 1. The van der Waals surface area contributed by atoms with Gasteiger partial charge in [-0.05, 0) is 252 Å². The Morgan fingerprint density at radius 3 is 1.38 bits per heavy atom. The second kappa shape index (κ2) is 42.8. The van der Waals surface area contributed by atoms with Crippen LogP contribution in [0.4, 0.5) is 21.0 Å². The van der Waals surface area contributed by atoms with Gasteiger partial charge in [0.05, 0.1) is 13.2 Å². The SMILES string of the molecule is CC(=O)Oc1ccc(C(=O)Cl)cc1CC=C(C)C.CC(C)=CCc1cc(C(=O)Cc2cc3ccc(OCC4CCN(C)C4)c(C)c3oc2=O)ccc1C.CN1CCC(CO)C1.Cc1c(O)ccc2cc(NC(=O)OCc3ccccc3)c(=O)oc12.Cc1c(OCC2CCN(C)C2)ccc2cc(NC(=O)OCc3ccccc3)c(=O)oc12. The molecule has 612 valence electrons. The van der Waals surface area contributed by atoms with Gasteiger partial charge in [-0.1, -0.05) is 96.1 Å². The number of aryl methyl sites for hydroxylation is 4. The lowest BCUT2D eigenvalue weighted by Gasteiger charge is -2.15. The molecule has 24 heteroatoms. The number of phenols is 1. The van der Waals surface area contributed by atoms with E-state index in [0.717, 1.165) is 114 Å². The zero-order valence-electron chi connectivity index (χ0n) is 68.0. The minimum absolute atomic E-state index is 0.00984. The molecule has 3 fully saturated rings. The average molecular weight is 1600 g/mol. The molecule has 0 saturated carbocycles. The van der Waals surface area contributed by atoms with Crippen molar-refractivity contribution < 1.29 is 71.1 Å². The number of allylic oxidation sites excluding steroid dienone is 4. The fourth-order valence-corrected chi connectivity index (χ4v) is 13.4. The lowest BCUT2D eigenvalue weighted by Crippen LogP contribution is -2.19. The number of Topliss-reactive ketones (excluding diaryl/α,β-unsaturated/α-hetero) is 1. The molecule has 3 aliphatic rings. The molecule has 0 aliphatic carbocycles. The molecular formula is C92H104ClN5O18. The zero-order valence-corrected chi connectivity index (χ0v) is 68.7. The molecule has 2 amide bonds. The fraction of sp³-hybridized carbons (Fsp3) is 0.348. The van der Waals surface area contributed by atoms with Gasteiger partial charge in [-0.25, -0.2) is 24.0 Å². The predicted octanol–water partition coefficient (Wildman–Crippen LogP) is 16.8. The summed E-state index contributed by atoms with van der Waals surface area (Å²) in [7, 11) is 6.33. The number of nitrogens with zero attached hydrogens (tertiary/aromatic N) is 3. The van der Waals surface area contributed by atoms with Crippen molar-refractivity contribution in [1.29, 1.82) is 0 Å². The van der Waals surface area contributed by atoms with Crippen molar-refractivity contribution >= 4 is 85.1 Å². The highest BCUT2D eigenvalue weighted by molar-refractivity contribution is 6.67. The van der Waals surface area contributed by atoms with E-state index in [0.29, 0.717) is 99.7 Å². The second-order valence-corrected chi connectivity index (χ2v) is 30.5. The summed E-state index contributed by atoms with van der Waals surface area (Å²) >= 11 is 5.43.